The molecule has 5 nitrogen and oxygen atoms in total. The van der Waals surface area contributed by atoms with Gasteiger partial charge >= 0.3 is 0 Å². The van der Waals surface area contributed by atoms with E-state index in [1.54, 1.807) is 18.6 Å². The number of carbonyl (C=O) groups excluding carboxylic acids is 1. The highest BCUT2D eigenvalue weighted by Crippen LogP contribution is 2.23. The minimum absolute atomic E-state index is 0.219. The van der Waals surface area contributed by atoms with Gasteiger partial charge in [0.1, 0.15) is 5.52 Å². The molecule has 0 atom stereocenters. The summed E-state index contributed by atoms with van der Waals surface area (Å²) in [5, 5.41) is 2.88. The van der Waals surface area contributed by atoms with Crippen molar-refractivity contribution in [1.82, 2.24) is 14.4 Å². The molecule has 112 valence electrons. The third kappa shape index (κ3) is 2.37. The number of rotatable bonds is 2. The molecule has 4 aromatic rings. The Kier molecular flexibility index (Phi) is 3.31. The lowest BCUT2D eigenvalue weighted by Crippen LogP contribution is -2.14. The van der Waals surface area contributed by atoms with Crippen LogP contribution in [-0.4, -0.2) is 20.3 Å². The van der Waals surface area contributed by atoms with E-state index in [9.17, 15) is 4.79 Å². The number of benzene rings is 2. The Bertz CT molecular complexity index is 1040. The third-order valence-electron chi connectivity index (χ3n) is 3.61. The van der Waals surface area contributed by atoms with E-state index in [-0.39, 0.29) is 5.91 Å². The van der Waals surface area contributed by atoms with Crippen LogP contribution in [0.4, 0.5) is 5.82 Å². The van der Waals surface area contributed by atoms with Gasteiger partial charge in [0.25, 0.3) is 5.91 Å². The summed E-state index contributed by atoms with van der Waals surface area (Å²) in [6, 6.07) is 15.0. The van der Waals surface area contributed by atoms with Gasteiger partial charge in [-0.05, 0) is 40.2 Å². The summed E-state index contributed by atoms with van der Waals surface area (Å²) in [5.74, 6) is 0.269. The van der Waals surface area contributed by atoms with Crippen LogP contribution in [0.1, 0.15) is 10.4 Å². The summed E-state index contributed by atoms with van der Waals surface area (Å²) in [5.41, 5.74) is 3.04. The van der Waals surface area contributed by atoms with Crippen LogP contribution in [0, 0.1) is 0 Å². The molecule has 2 aromatic heterocycles. The molecular formula is C17H11BrN4O. The van der Waals surface area contributed by atoms with Crippen LogP contribution in [-0.2, 0) is 0 Å². The number of anilines is 1. The number of amides is 1. The summed E-state index contributed by atoms with van der Waals surface area (Å²) in [6.45, 7) is 0. The lowest BCUT2D eigenvalue weighted by Gasteiger charge is -2.10. The van der Waals surface area contributed by atoms with E-state index in [0.29, 0.717) is 11.4 Å². The molecule has 0 unspecified atom stereocenters. The molecule has 0 aliphatic rings. The maximum atomic E-state index is 12.5. The first-order chi connectivity index (χ1) is 11.2. The van der Waals surface area contributed by atoms with Crippen molar-refractivity contribution in [2.45, 2.75) is 0 Å². The van der Waals surface area contributed by atoms with Gasteiger partial charge in [-0.25, -0.2) is 9.97 Å². The predicted octanol–water partition coefficient (Wildman–Crippen LogP) is 3.90. The Morgan fingerprint density at radius 3 is 2.70 bits per heavy atom. The number of halogens is 1. The number of aromatic nitrogens is 3. The molecule has 6 heteroatoms. The molecule has 1 N–H and O–H groups in total. The normalized spacial score (nSPS) is 11.0. The Balaban J connectivity index is 1.83. The Morgan fingerprint density at radius 2 is 1.83 bits per heavy atom. The zero-order valence-corrected chi connectivity index (χ0v) is 13.5. The van der Waals surface area contributed by atoms with Crippen LogP contribution < -0.4 is 5.32 Å². The Labute approximate surface area is 140 Å². The average Bonchev–Trinajstić information content (AvgIpc) is 3.05. The van der Waals surface area contributed by atoms with Gasteiger partial charge in [-0.15, -0.1) is 0 Å². The van der Waals surface area contributed by atoms with Gasteiger partial charge in [0.2, 0.25) is 0 Å². The summed E-state index contributed by atoms with van der Waals surface area (Å²) in [4.78, 5) is 21.3. The number of para-hydroxylation sites is 2. The maximum absolute atomic E-state index is 12.5. The Morgan fingerprint density at radius 1 is 1.04 bits per heavy atom. The molecule has 0 aliphatic heterocycles. The van der Waals surface area contributed by atoms with Gasteiger partial charge in [0.15, 0.2) is 5.82 Å². The molecule has 4 rings (SSSR count). The highest BCUT2D eigenvalue weighted by molar-refractivity contribution is 9.10. The number of nitrogens with one attached hydrogen (secondary N) is 1. The number of hydrogen-bond donors (Lipinski definition) is 1. The fourth-order valence-corrected chi connectivity index (χ4v) is 2.98. The second kappa shape index (κ2) is 5.48. The van der Waals surface area contributed by atoms with Gasteiger partial charge < -0.3 is 5.32 Å². The second-order valence-corrected chi connectivity index (χ2v) is 5.89. The smallest absolute Gasteiger partial charge is 0.258 e. The molecule has 0 fully saturated rings. The zero-order chi connectivity index (χ0) is 15.8. The quantitative estimate of drug-likeness (QED) is 0.585. The molecule has 0 saturated carbocycles. The fourth-order valence-electron chi connectivity index (χ4n) is 2.51. The molecule has 0 aliphatic carbocycles. The van der Waals surface area contributed by atoms with Crippen LogP contribution in [0.2, 0.25) is 0 Å². The van der Waals surface area contributed by atoms with E-state index in [1.807, 2.05) is 46.9 Å². The second-order valence-electron chi connectivity index (χ2n) is 5.03. The van der Waals surface area contributed by atoms with Crippen molar-refractivity contribution in [3.63, 3.8) is 0 Å². The van der Waals surface area contributed by atoms with Gasteiger partial charge in [-0.3, -0.25) is 9.20 Å². The molecule has 0 saturated heterocycles. The summed E-state index contributed by atoms with van der Waals surface area (Å²) in [7, 11) is 0. The highest BCUT2D eigenvalue weighted by atomic mass is 79.9. The molecule has 23 heavy (non-hydrogen) atoms. The number of imidazole rings is 1. The van der Waals surface area contributed by atoms with Crippen LogP contribution in [0.25, 0.3) is 16.6 Å². The first-order valence-corrected chi connectivity index (χ1v) is 7.80. The van der Waals surface area contributed by atoms with E-state index in [1.165, 1.54) is 0 Å². The van der Waals surface area contributed by atoms with Crippen molar-refractivity contribution in [3.8, 4) is 0 Å². The van der Waals surface area contributed by atoms with Crippen molar-refractivity contribution >= 4 is 44.2 Å². The van der Waals surface area contributed by atoms with Crippen molar-refractivity contribution in [2.24, 2.45) is 0 Å². The van der Waals surface area contributed by atoms with Crippen LogP contribution in [0.3, 0.4) is 0 Å². The SMILES string of the molecule is O=C(Nc1nc2ccccc2n2cncc12)c1ccccc1Br. The maximum Gasteiger partial charge on any atom is 0.258 e. The summed E-state index contributed by atoms with van der Waals surface area (Å²) < 4.78 is 2.65. The van der Waals surface area contributed by atoms with Crippen LogP contribution in [0.5, 0.6) is 0 Å². The number of fused-ring (bicyclic) bond motifs is 3. The number of hydrogen-bond acceptors (Lipinski definition) is 3. The summed E-state index contributed by atoms with van der Waals surface area (Å²) in [6.07, 6.45) is 3.41. The average molecular weight is 367 g/mol. The fraction of sp³-hybridized carbons (Fsp3) is 0. The van der Waals surface area contributed by atoms with Gasteiger partial charge in [-0.1, -0.05) is 24.3 Å². The van der Waals surface area contributed by atoms with E-state index >= 15 is 0 Å². The molecule has 1 amide bonds. The monoisotopic (exact) mass is 366 g/mol. The van der Waals surface area contributed by atoms with E-state index < -0.39 is 0 Å². The Hall–Kier alpha value is -2.73. The lowest BCUT2D eigenvalue weighted by molar-refractivity contribution is 0.102. The first-order valence-electron chi connectivity index (χ1n) is 7.01. The molecular weight excluding hydrogens is 356 g/mol. The van der Waals surface area contributed by atoms with Crippen molar-refractivity contribution in [3.05, 3.63) is 71.1 Å². The van der Waals surface area contributed by atoms with Gasteiger partial charge in [-0.2, -0.15) is 0 Å². The molecule has 2 heterocycles. The van der Waals surface area contributed by atoms with Crippen LogP contribution in [0.15, 0.2) is 65.5 Å². The lowest BCUT2D eigenvalue weighted by atomic mass is 10.2. The van der Waals surface area contributed by atoms with Gasteiger partial charge in [0.05, 0.1) is 29.1 Å². The molecule has 0 radical (unpaired) electrons. The van der Waals surface area contributed by atoms with Crippen molar-refractivity contribution in [1.29, 1.82) is 0 Å². The van der Waals surface area contributed by atoms with E-state index in [0.717, 1.165) is 21.0 Å². The van der Waals surface area contributed by atoms with Gasteiger partial charge in [0, 0.05) is 4.47 Å². The number of carbonyl (C=O) groups is 1. The highest BCUT2D eigenvalue weighted by Gasteiger charge is 2.14. The first kappa shape index (κ1) is 13.9. The molecule has 0 spiro atoms. The summed E-state index contributed by atoms with van der Waals surface area (Å²) >= 11 is 3.39. The predicted molar refractivity (Wildman–Crippen MR) is 92.6 cm³/mol. The zero-order valence-electron chi connectivity index (χ0n) is 11.9. The van der Waals surface area contributed by atoms with E-state index in [2.05, 4.69) is 31.2 Å². The standard InChI is InChI=1S/C17H11BrN4O/c18-12-6-2-1-5-11(12)17(23)21-16-15-9-19-10-22(15)14-8-4-3-7-13(14)20-16/h1-10H,(H,20,21,23). The largest absolute Gasteiger partial charge is 0.305 e. The molecule has 0 bridgehead atoms. The number of nitrogens with zero attached hydrogens (tertiary/aromatic N) is 3. The minimum atomic E-state index is -0.219. The topological polar surface area (TPSA) is 59.3 Å². The van der Waals surface area contributed by atoms with Crippen LogP contribution >= 0.6 is 15.9 Å². The van der Waals surface area contributed by atoms with Crippen molar-refractivity contribution < 1.29 is 4.79 Å². The van der Waals surface area contributed by atoms with E-state index in [4.69, 9.17) is 0 Å². The molecule has 2 aromatic carbocycles. The van der Waals surface area contributed by atoms with Crippen molar-refractivity contribution in [2.75, 3.05) is 5.32 Å². The third-order valence-corrected chi connectivity index (χ3v) is 4.30. The minimum Gasteiger partial charge on any atom is -0.305 e.